The van der Waals surface area contributed by atoms with E-state index in [-0.39, 0.29) is 0 Å². The van der Waals surface area contributed by atoms with Gasteiger partial charge >= 0.3 is 0 Å². The van der Waals surface area contributed by atoms with Gasteiger partial charge in [-0.15, -0.1) is 0 Å². The molecule has 0 aliphatic carbocycles. The van der Waals surface area contributed by atoms with E-state index in [1.165, 1.54) is 0 Å². The van der Waals surface area contributed by atoms with E-state index in [4.69, 9.17) is 24.9 Å². The van der Waals surface area contributed by atoms with Crippen LogP contribution in [0.1, 0.15) is 0 Å². The third kappa shape index (κ3) is 6.30. The molecule has 0 atom stereocenters. The summed E-state index contributed by atoms with van der Waals surface area (Å²) < 4.78 is 0. The minimum Gasteiger partial charge on any atom is -0.254 e. The van der Waals surface area contributed by atoms with E-state index >= 15 is 0 Å². The third-order valence-corrected chi connectivity index (χ3v) is 11.7. The van der Waals surface area contributed by atoms with Crippen molar-refractivity contribution in [1.82, 2.24) is 29.9 Å². The Bertz CT molecular complexity index is 3640. The van der Waals surface area contributed by atoms with Gasteiger partial charge in [0.05, 0.1) is 50.5 Å². The predicted molar refractivity (Wildman–Crippen MR) is 253 cm³/mol. The fourth-order valence-electron chi connectivity index (χ4n) is 8.56. The Hall–Kier alpha value is -8.48. The number of fused-ring (bicyclic) bond motifs is 6. The molecular formula is C56H34N6. The van der Waals surface area contributed by atoms with Gasteiger partial charge in [0, 0.05) is 50.0 Å². The first kappa shape index (κ1) is 35.5. The molecule has 0 radical (unpaired) electrons. The van der Waals surface area contributed by atoms with Gasteiger partial charge in [-0.2, -0.15) is 0 Å². The fraction of sp³-hybridized carbons (Fsp3) is 0. The van der Waals surface area contributed by atoms with E-state index in [1.807, 2.05) is 72.9 Å². The smallest absolute Gasteiger partial charge is 0.160 e. The highest BCUT2D eigenvalue weighted by molar-refractivity contribution is 6.07. The highest BCUT2D eigenvalue weighted by Gasteiger charge is 2.15. The summed E-state index contributed by atoms with van der Waals surface area (Å²) in [5.41, 5.74) is 14.1. The molecule has 0 amide bonds. The van der Waals surface area contributed by atoms with Crippen LogP contribution in [-0.4, -0.2) is 29.9 Å². The topological polar surface area (TPSA) is 77.3 Å². The summed E-state index contributed by atoms with van der Waals surface area (Å²) >= 11 is 0. The monoisotopic (exact) mass is 790 g/mol. The Morgan fingerprint density at radius 1 is 0.274 bits per heavy atom. The second kappa shape index (κ2) is 14.7. The Balaban J connectivity index is 0.912. The van der Waals surface area contributed by atoms with E-state index in [1.54, 1.807) is 0 Å². The number of pyridine rings is 4. The zero-order chi connectivity index (χ0) is 41.0. The lowest BCUT2D eigenvalue weighted by Crippen LogP contribution is -1.97. The maximum Gasteiger partial charge on any atom is 0.160 e. The van der Waals surface area contributed by atoms with Gasteiger partial charge in [-0.1, -0.05) is 158 Å². The average molecular weight is 791 g/mol. The maximum absolute atomic E-state index is 5.29. The highest BCUT2D eigenvalue weighted by Crippen LogP contribution is 2.37. The van der Waals surface area contributed by atoms with Crippen LogP contribution in [-0.2, 0) is 0 Å². The summed E-state index contributed by atoms with van der Waals surface area (Å²) in [5, 5.41) is 6.53. The number of hydrogen-bond donors (Lipinski definition) is 0. The molecule has 6 nitrogen and oxygen atoms in total. The molecule has 12 aromatic rings. The minimum atomic E-state index is 0.665. The molecule has 0 bridgehead atoms. The molecule has 0 aliphatic rings. The van der Waals surface area contributed by atoms with Crippen molar-refractivity contribution in [3.63, 3.8) is 0 Å². The zero-order valence-electron chi connectivity index (χ0n) is 33.3. The molecule has 12 rings (SSSR count). The number of rotatable bonds is 6. The van der Waals surface area contributed by atoms with E-state index in [2.05, 4.69) is 138 Å². The minimum absolute atomic E-state index is 0.665. The second-order valence-corrected chi connectivity index (χ2v) is 15.5. The van der Waals surface area contributed by atoms with Crippen LogP contribution >= 0.6 is 0 Å². The van der Waals surface area contributed by atoms with Crippen LogP contribution in [0.25, 0.3) is 122 Å². The van der Waals surface area contributed by atoms with Gasteiger partial charge < -0.3 is 0 Å². The molecular weight excluding hydrogens is 757 g/mol. The van der Waals surface area contributed by atoms with Crippen LogP contribution in [0.4, 0.5) is 0 Å². The zero-order valence-corrected chi connectivity index (χ0v) is 33.3. The van der Waals surface area contributed by atoms with Gasteiger partial charge in [0.15, 0.2) is 5.82 Å². The molecule has 0 spiro atoms. The van der Waals surface area contributed by atoms with Gasteiger partial charge in [-0.05, 0) is 64.4 Å². The van der Waals surface area contributed by atoms with Crippen LogP contribution in [0.5, 0.6) is 0 Å². The van der Waals surface area contributed by atoms with Crippen LogP contribution in [0.15, 0.2) is 206 Å². The van der Waals surface area contributed by atoms with Crippen LogP contribution in [0.2, 0.25) is 0 Å². The molecule has 288 valence electrons. The molecule has 0 saturated carbocycles. The molecule has 0 aliphatic heterocycles. The summed E-state index contributed by atoms with van der Waals surface area (Å²) in [4.78, 5) is 30.3. The van der Waals surface area contributed by atoms with Gasteiger partial charge in [0.25, 0.3) is 0 Å². The summed E-state index contributed by atoms with van der Waals surface area (Å²) in [6, 6.07) is 69.2. The first-order valence-electron chi connectivity index (χ1n) is 20.7. The van der Waals surface area contributed by atoms with Crippen molar-refractivity contribution in [3.05, 3.63) is 206 Å². The van der Waals surface area contributed by atoms with Gasteiger partial charge in [0.1, 0.15) is 0 Å². The molecule has 5 heterocycles. The van der Waals surface area contributed by atoms with E-state index < -0.39 is 0 Å². The molecule has 0 N–H and O–H groups in total. The third-order valence-electron chi connectivity index (χ3n) is 11.7. The number of aromatic nitrogens is 6. The van der Waals surface area contributed by atoms with Crippen LogP contribution in [0.3, 0.4) is 0 Å². The SMILES string of the molecule is c1ccc(-c2cc(-c3ccc4ccc(-c5ccc6ccc(-c7ccc(-c8ccc9ccc%10cccnc%10c9n8)c8ccccc78)nc6c5)cc4n3)nc(-c3ccccc3)n2)cc1. The van der Waals surface area contributed by atoms with Crippen molar-refractivity contribution in [2.75, 3.05) is 0 Å². The summed E-state index contributed by atoms with van der Waals surface area (Å²) in [6.45, 7) is 0. The summed E-state index contributed by atoms with van der Waals surface area (Å²) in [6.07, 6.45) is 1.83. The summed E-state index contributed by atoms with van der Waals surface area (Å²) in [5.74, 6) is 0.665. The van der Waals surface area contributed by atoms with E-state index in [0.29, 0.717) is 5.82 Å². The van der Waals surface area contributed by atoms with Gasteiger partial charge in [0.2, 0.25) is 0 Å². The molecule has 5 aromatic heterocycles. The normalized spacial score (nSPS) is 11.5. The highest BCUT2D eigenvalue weighted by atomic mass is 14.9. The van der Waals surface area contributed by atoms with Crippen molar-refractivity contribution in [2.45, 2.75) is 0 Å². The molecule has 62 heavy (non-hydrogen) atoms. The van der Waals surface area contributed by atoms with Crippen molar-refractivity contribution < 1.29 is 0 Å². The average Bonchev–Trinajstić information content (AvgIpc) is 3.35. The quantitative estimate of drug-likeness (QED) is 0.156. The second-order valence-electron chi connectivity index (χ2n) is 15.5. The van der Waals surface area contributed by atoms with Crippen molar-refractivity contribution in [2.24, 2.45) is 0 Å². The lowest BCUT2D eigenvalue weighted by molar-refractivity contribution is 1.17. The first-order chi connectivity index (χ1) is 30.7. The molecule has 7 aromatic carbocycles. The predicted octanol–water partition coefficient (Wildman–Crippen LogP) is 13.8. The number of nitrogens with zero attached hydrogens (tertiary/aromatic N) is 6. The molecule has 0 saturated heterocycles. The fourth-order valence-corrected chi connectivity index (χ4v) is 8.56. The largest absolute Gasteiger partial charge is 0.254 e. The maximum atomic E-state index is 5.29. The Labute approximate surface area is 357 Å². The number of hydrogen-bond acceptors (Lipinski definition) is 6. The standard InChI is InChI=1S/C56H34N6/c1-3-10-35(11-4-1)52-34-53(62-56(61-52)40-12-5-2-6-13-40)49-30-24-37-18-22-42(33-51(37)59-49)41-21-17-36-23-28-47(58-50(36)32-41)45-26-27-46(44-16-8-7-15-43(44)45)48-29-25-39-20-19-38-14-9-31-57-54(38)55(39)60-48/h1-34H. The van der Waals surface area contributed by atoms with E-state index in [0.717, 1.165) is 116 Å². The Morgan fingerprint density at radius 3 is 1.47 bits per heavy atom. The Kier molecular flexibility index (Phi) is 8.38. The van der Waals surface area contributed by atoms with Crippen molar-refractivity contribution >= 4 is 54.4 Å². The number of benzene rings is 7. The van der Waals surface area contributed by atoms with Gasteiger partial charge in [-0.3, -0.25) is 4.98 Å². The molecule has 0 unspecified atom stereocenters. The van der Waals surface area contributed by atoms with Crippen LogP contribution in [0, 0.1) is 0 Å². The summed E-state index contributed by atoms with van der Waals surface area (Å²) in [7, 11) is 0. The van der Waals surface area contributed by atoms with Gasteiger partial charge in [-0.25, -0.2) is 24.9 Å². The lowest BCUT2D eigenvalue weighted by atomic mass is 9.95. The first-order valence-corrected chi connectivity index (χ1v) is 20.7. The van der Waals surface area contributed by atoms with Crippen molar-refractivity contribution in [1.29, 1.82) is 0 Å². The van der Waals surface area contributed by atoms with Crippen LogP contribution < -0.4 is 0 Å². The lowest BCUT2D eigenvalue weighted by Gasteiger charge is -2.13. The molecule has 6 heteroatoms. The molecule has 0 fully saturated rings. The Morgan fingerprint density at radius 2 is 0.790 bits per heavy atom. The van der Waals surface area contributed by atoms with E-state index in [9.17, 15) is 0 Å². The van der Waals surface area contributed by atoms with Crippen molar-refractivity contribution in [3.8, 4) is 67.7 Å².